The van der Waals surface area contributed by atoms with E-state index in [1.54, 1.807) is 24.3 Å². The van der Waals surface area contributed by atoms with E-state index in [0.29, 0.717) is 32.2 Å². The van der Waals surface area contributed by atoms with Crippen molar-refractivity contribution in [2.24, 2.45) is 16.5 Å². The molecule has 0 bridgehead atoms. The maximum absolute atomic E-state index is 12.2. The second-order valence-corrected chi connectivity index (χ2v) is 7.42. The zero-order valence-corrected chi connectivity index (χ0v) is 18.3. The maximum atomic E-state index is 12.2. The SMILES string of the molecule is CNCCCOc1cc(C(=O)N=C(N)N)cc(-c2cc(Cl)sc2Cl)c1.Cl.Cl. The van der Waals surface area contributed by atoms with Crippen molar-refractivity contribution in [3.8, 4) is 16.9 Å². The predicted octanol–water partition coefficient (Wildman–Crippen LogP) is 3.97. The molecule has 1 amide bonds. The molecule has 0 saturated heterocycles. The van der Waals surface area contributed by atoms with Gasteiger partial charge in [-0.3, -0.25) is 4.79 Å². The van der Waals surface area contributed by atoms with Crippen LogP contribution in [0.3, 0.4) is 0 Å². The zero-order chi connectivity index (χ0) is 18.4. The number of rotatable bonds is 7. The molecular weight excluding hydrogens is 454 g/mol. The minimum absolute atomic E-state index is 0. The number of carbonyl (C=O) groups excluding carboxylic acids is 1. The summed E-state index contributed by atoms with van der Waals surface area (Å²) in [5.41, 5.74) is 12.3. The number of amides is 1. The number of hydrogen-bond donors (Lipinski definition) is 3. The highest BCUT2D eigenvalue weighted by Gasteiger charge is 2.14. The van der Waals surface area contributed by atoms with Crippen LogP contribution in [0.5, 0.6) is 5.75 Å². The fourth-order valence-electron chi connectivity index (χ4n) is 2.12. The molecule has 2 rings (SSSR count). The first-order chi connectivity index (χ1) is 11.9. The second kappa shape index (κ2) is 12.3. The summed E-state index contributed by atoms with van der Waals surface area (Å²) in [6.45, 7) is 1.32. The molecule has 0 aliphatic rings. The van der Waals surface area contributed by atoms with Crippen LogP contribution < -0.4 is 21.5 Å². The lowest BCUT2D eigenvalue weighted by molar-refractivity contribution is 0.100. The Bertz CT molecular complexity index is 795. The molecule has 27 heavy (non-hydrogen) atoms. The van der Waals surface area contributed by atoms with Crippen LogP contribution in [-0.2, 0) is 0 Å². The highest BCUT2D eigenvalue weighted by atomic mass is 35.5. The van der Waals surface area contributed by atoms with E-state index in [9.17, 15) is 4.79 Å². The predicted molar refractivity (Wildman–Crippen MR) is 118 cm³/mol. The summed E-state index contributed by atoms with van der Waals surface area (Å²) in [4.78, 5) is 15.8. The average molecular weight is 474 g/mol. The van der Waals surface area contributed by atoms with Crippen LogP contribution in [0.4, 0.5) is 0 Å². The van der Waals surface area contributed by atoms with Crippen molar-refractivity contribution < 1.29 is 9.53 Å². The molecule has 0 saturated carbocycles. The summed E-state index contributed by atoms with van der Waals surface area (Å²) < 4.78 is 6.82. The van der Waals surface area contributed by atoms with Gasteiger partial charge in [0.1, 0.15) is 10.1 Å². The third kappa shape index (κ3) is 7.73. The Morgan fingerprint density at radius 3 is 2.48 bits per heavy atom. The van der Waals surface area contributed by atoms with Crippen LogP contribution in [0.1, 0.15) is 16.8 Å². The molecule has 0 unspecified atom stereocenters. The number of nitrogens with zero attached hydrogens (tertiary/aromatic N) is 1. The van der Waals surface area contributed by atoms with E-state index in [1.807, 2.05) is 7.05 Å². The lowest BCUT2D eigenvalue weighted by Gasteiger charge is -2.10. The van der Waals surface area contributed by atoms with Gasteiger partial charge >= 0.3 is 0 Å². The molecule has 5 N–H and O–H groups in total. The number of ether oxygens (including phenoxy) is 1. The number of nitrogens with two attached hydrogens (primary N) is 2. The molecule has 0 aliphatic carbocycles. The number of nitrogens with one attached hydrogen (secondary N) is 1. The van der Waals surface area contributed by atoms with E-state index >= 15 is 0 Å². The number of guanidine groups is 1. The number of carbonyl (C=O) groups is 1. The monoisotopic (exact) mass is 472 g/mol. The molecule has 0 fully saturated rings. The van der Waals surface area contributed by atoms with Crippen LogP contribution in [0.15, 0.2) is 29.3 Å². The lowest BCUT2D eigenvalue weighted by atomic mass is 10.0. The maximum Gasteiger partial charge on any atom is 0.280 e. The fourth-order valence-corrected chi connectivity index (χ4v) is 3.63. The molecule has 2 aromatic rings. The van der Waals surface area contributed by atoms with Gasteiger partial charge < -0.3 is 21.5 Å². The van der Waals surface area contributed by atoms with Gasteiger partial charge in [0, 0.05) is 11.1 Å². The van der Waals surface area contributed by atoms with Gasteiger partial charge in [0.25, 0.3) is 5.91 Å². The fraction of sp³-hybridized carbons (Fsp3) is 0.250. The van der Waals surface area contributed by atoms with Crippen molar-refractivity contribution in [1.29, 1.82) is 0 Å². The zero-order valence-electron chi connectivity index (χ0n) is 14.3. The minimum atomic E-state index is -0.556. The Labute approximate surface area is 184 Å². The number of thiophene rings is 1. The van der Waals surface area contributed by atoms with Gasteiger partial charge in [0.05, 0.1) is 10.9 Å². The number of aliphatic imine (C=N–C) groups is 1. The van der Waals surface area contributed by atoms with Crippen molar-refractivity contribution in [3.63, 3.8) is 0 Å². The summed E-state index contributed by atoms with van der Waals surface area (Å²) >= 11 is 13.5. The third-order valence-electron chi connectivity index (χ3n) is 3.19. The van der Waals surface area contributed by atoms with Gasteiger partial charge in [-0.15, -0.1) is 36.2 Å². The standard InChI is InChI=1S/C16H18Cl2N4O2S.2ClH/c1-21-3-2-4-24-11-6-9(12-8-13(17)25-14(12)18)5-10(7-11)15(23)22-16(19)20;;/h5-8,21H,2-4H2,1H3,(H4,19,20,22,23);2*1H. The lowest BCUT2D eigenvalue weighted by Crippen LogP contribution is -2.24. The first-order valence-electron chi connectivity index (χ1n) is 7.42. The molecule has 1 heterocycles. The normalized spacial score (nSPS) is 9.74. The Morgan fingerprint density at radius 1 is 1.22 bits per heavy atom. The smallest absolute Gasteiger partial charge is 0.280 e. The van der Waals surface area contributed by atoms with Crippen molar-refractivity contribution in [2.45, 2.75) is 6.42 Å². The molecule has 1 aromatic heterocycles. The van der Waals surface area contributed by atoms with Gasteiger partial charge in [0.15, 0.2) is 5.96 Å². The molecular formula is C16H20Cl4N4O2S. The van der Waals surface area contributed by atoms with E-state index < -0.39 is 5.91 Å². The second-order valence-electron chi connectivity index (χ2n) is 5.13. The minimum Gasteiger partial charge on any atom is -0.494 e. The van der Waals surface area contributed by atoms with Crippen LogP contribution >= 0.6 is 59.4 Å². The summed E-state index contributed by atoms with van der Waals surface area (Å²) in [7, 11) is 1.87. The van der Waals surface area contributed by atoms with Crippen molar-refractivity contribution in [3.05, 3.63) is 38.5 Å². The first kappa shape index (κ1) is 25.8. The highest BCUT2D eigenvalue weighted by Crippen LogP contribution is 2.39. The molecule has 6 nitrogen and oxygen atoms in total. The Kier molecular flexibility index (Phi) is 11.7. The number of benzene rings is 1. The van der Waals surface area contributed by atoms with Crippen molar-refractivity contribution >= 4 is 71.2 Å². The van der Waals surface area contributed by atoms with E-state index in [1.165, 1.54) is 11.3 Å². The molecule has 0 aliphatic heterocycles. The van der Waals surface area contributed by atoms with Crippen LogP contribution in [0.2, 0.25) is 8.67 Å². The van der Waals surface area contributed by atoms with Crippen LogP contribution in [-0.4, -0.2) is 32.1 Å². The van der Waals surface area contributed by atoms with E-state index in [-0.39, 0.29) is 30.8 Å². The van der Waals surface area contributed by atoms with E-state index in [2.05, 4.69) is 10.3 Å². The van der Waals surface area contributed by atoms with Gasteiger partial charge in [-0.25, -0.2) is 0 Å². The Morgan fingerprint density at radius 2 is 1.93 bits per heavy atom. The molecule has 0 atom stereocenters. The number of halogens is 4. The summed E-state index contributed by atoms with van der Waals surface area (Å²) in [5.74, 6) is -0.330. The first-order valence-corrected chi connectivity index (χ1v) is 8.99. The topological polar surface area (TPSA) is 103 Å². The Balaban J connectivity index is 0.00000338. The molecule has 150 valence electrons. The quantitative estimate of drug-likeness (QED) is 0.320. The average Bonchev–Trinajstić information content (AvgIpc) is 2.89. The van der Waals surface area contributed by atoms with Gasteiger partial charge in [-0.2, -0.15) is 4.99 Å². The van der Waals surface area contributed by atoms with Gasteiger partial charge in [0.2, 0.25) is 0 Å². The molecule has 0 radical (unpaired) electrons. The molecule has 11 heteroatoms. The van der Waals surface area contributed by atoms with Crippen LogP contribution in [0, 0.1) is 0 Å². The summed E-state index contributed by atoms with van der Waals surface area (Å²) in [5, 5.41) is 3.04. The molecule has 0 spiro atoms. The summed E-state index contributed by atoms with van der Waals surface area (Å²) in [6, 6.07) is 6.79. The van der Waals surface area contributed by atoms with E-state index in [4.69, 9.17) is 39.4 Å². The van der Waals surface area contributed by atoms with Crippen molar-refractivity contribution in [1.82, 2.24) is 5.32 Å². The molecule has 1 aromatic carbocycles. The van der Waals surface area contributed by atoms with Gasteiger partial charge in [-0.05, 0) is 49.8 Å². The third-order valence-corrected chi connectivity index (χ3v) is 4.68. The highest BCUT2D eigenvalue weighted by molar-refractivity contribution is 7.20. The summed E-state index contributed by atoms with van der Waals surface area (Å²) in [6.07, 6.45) is 0.822. The van der Waals surface area contributed by atoms with Gasteiger partial charge in [-0.1, -0.05) is 23.2 Å². The van der Waals surface area contributed by atoms with Crippen molar-refractivity contribution in [2.75, 3.05) is 20.2 Å². The largest absolute Gasteiger partial charge is 0.494 e. The van der Waals surface area contributed by atoms with Crippen LogP contribution in [0.25, 0.3) is 11.1 Å². The Hall–Kier alpha value is -1.22. The van der Waals surface area contributed by atoms with E-state index in [0.717, 1.165) is 18.5 Å². The number of hydrogen-bond acceptors (Lipinski definition) is 4.